The van der Waals surface area contributed by atoms with E-state index < -0.39 is 0 Å². The van der Waals surface area contributed by atoms with E-state index in [0.717, 1.165) is 85.5 Å². The van der Waals surface area contributed by atoms with Crippen LogP contribution in [-0.2, 0) is 6.54 Å². The Bertz CT molecular complexity index is 1110. The first-order valence-electron chi connectivity index (χ1n) is 12.3. The van der Waals surface area contributed by atoms with Gasteiger partial charge >= 0.3 is 0 Å². The van der Waals surface area contributed by atoms with E-state index in [4.69, 9.17) is 4.98 Å². The Kier molecular flexibility index (Phi) is 7.47. The zero-order valence-electron chi connectivity index (χ0n) is 20.3. The van der Waals surface area contributed by atoms with Gasteiger partial charge in [0, 0.05) is 50.7 Å². The molecule has 0 bridgehead atoms. The number of likely N-dealkylation sites (N-methyl/N-ethyl adjacent to an activating group) is 1. The highest BCUT2D eigenvalue weighted by molar-refractivity contribution is 7.18. The van der Waals surface area contributed by atoms with E-state index in [9.17, 15) is 5.11 Å². The molecule has 2 fully saturated rings. The number of hydrogen-bond acceptors (Lipinski definition) is 11. The number of rotatable bonds is 7. The fraction of sp³-hybridized carbons (Fsp3) is 0.542. The molecule has 0 atom stereocenters. The van der Waals surface area contributed by atoms with E-state index in [-0.39, 0.29) is 6.10 Å². The summed E-state index contributed by atoms with van der Waals surface area (Å²) in [5.41, 5.74) is 2.72. The largest absolute Gasteiger partial charge is 0.393 e. The highest BCUT2D eigenvalue weighted by Crippen LogP contribution is 2.30. The van der Waals surface area contributed by atoms with E-state index >= 15 is 0 Å². The smallest absolute Gasteiger partial charge is 0.223 e. The molecule has 11 heteroatoms. The van der Waals surface area contributed by atoms with Crippen LogP contribution in [0.5, 0.6) is 0 Å². The second-order valence-electron chi connectivity index (χ2n) is 9.50. The van der Waals surface area contributed by atoms with Crippen LogP contribution in [-0.4, -0.2) is 85.2 Å². The van der Waals surface area contributed by atoms with E-state index in [1.807, 2.05) is 25.4 Å². The molecule has 186 valence electrons. The maximum absolute atomic E-state index is 9.74. The van der Waals surface area contributed by atoms with E-state index in [0.29, 0.717) is 17.8 Å². The van der Waals surface area contributed by atoms with Gasteiger partial charge < -0.3 is 20.6 Å². The summed E-state index contributed by atoms with van der Waals surface area (Å²) in [7, 11) is 2.16. The van der Waals surface area contributed by atoms with Crippen LogP contribution in [0.15, 0.2) is 24.7 Å². The topological polar surface area (TPSA) is 115 Å². The van der Waals surface area contributed by atoms with Gasteiger partial charge in [-0.3, -0.25) is 9.88 Å². The van der Waals surface area contributed by atoms with Crippen molar-refractivity contribution in [3.05, 3.63) is 36.0 Å². The molecule has 5 rings (SSSR count). The highest BCUT2D eigenvalue weighted by atomic mass is 32.1. The zero-order valence-corrected chi connectivity index (χ0v) is 21.1. The molecule has 1 aliphatic carbocycles. The van der Waals surface area contributed by atoms with Gasteiger partial charge in [0.05, 0.1) is 34.8 Å². The standard InChI is InChI=1S/C24H33N9OS/c1-16-11-20(30-23(28-16)29-17-3-5-19(34)6-4-17)21-13-27-24(35-21)31-22-14-25-18(12-26-22)15-33-9-7-32(2)8-10-33/h11-14,17,19,34H,3-10,15H2,1-2H3,(H,26,27,31)(H,28,29,30). The van der Waals surface area contributed by atoms with Crippen LogP contribution in [0.1, 0.15) is 37.1 Å². The lowest BCUT2D eigenvalue weighted by Crippen LogP contribution is -2.44. The SMILES string of the molecule is Cc1cc(-c2cnc(Nc3cnc(CN4CCN(C)CC4)cn3)s2)nc(NC2CCC(O)CC2)n1. The van der Waals surface area contributed by atoms with Crippen molar-refractivity contribution in [3.8, 4) is 10.6 Å². The van der Waals surface area contributed by atoms with E-state index in [1.54, 1.807) is 6.20 Å². The lowest BCUT2D eigenvalue weighted by atomic mass is 9.93. The third-order valence-corrected chi connectivity index (χ3v) is 7.50. The second-order valence-corrected chi connectivity index (χ2v) is 10.5. The molecular weight excluding hydrogens is 462 g/mol. The number of aliphatic hydroxyl groups excluding tert-OH is 1. The summed E-state index contributed by atoms with van der Waals surface area (Å²) in [6.45, 7) is 7.10. The Labute approximate surface area is 209 Å². The average Bonchev–Trinajstić information content (AvgIpc) is 3.32. The number of anilines is 3. The summed E-state index contributed by atoms with van der Waals surface area (Å²) in [6, 6.07) is 2.27. The predicted molar refractivity (Wildman–Crippen MR) is 138 cm³/mol. The number of nitrogens with one attached hydrogen (secondary N) is 2. The first-order valence-corrected chi connectivity index (χ1v) is 13.1. The minimum Gasteiger partial charge on any atom is -0.393 e. The molecule has 35 heavy (non-hydrogen) atoms. The molecule has 2 aliphatic rings. The molecule has 4 heterocycles. The molecule has 0 radical (unpaired) electrons. The van der Waals surface area contributed by atoms with Crippen molar-refractivity contribution in [1.29, 1.82) is 0 Å². The predicted octanol–water partition coefficient (Wildman–Crippen LogP) is 2.90. The minimum atomic E-state index is -0.178. The van der Waals surface area contributed by atoms with Crippen LogP contribution in [0, 0.1) is 6.92 Å². The lowest BCUT2D eigenvalue weighted by molar-refractivity contribution is 0.126. The van der Waals surface area contributed by atoms with Crippen LogP contribution in [0.4, 0.5) is 16.9 Å². The second kappa shape index (κ2) is 10.9. The fourth-order valence-electron chi connectivity index (χ4n) is 4.46. The molecule has 0 unspecified atom stereocenters. The molecule has 3 aromatic rings. The maximum atomic E-state index is 9.74. The highest BCUT2D eigenvalue weighted by Gasteiger charge is 2.20. The van der Waals surface area contributed by atoms with Gasteiger partial charge in [-0.15, -0.1) is 0 Å². The van der Waals surface area contributed by atoms with Crippen molar-refractivity contribution in [1.82, 2.24) is 34.7 Å². The number of thiazole rings is 1. The van der Waals surface area contributed by atoms with Gasteiger partial charge in [0.1, 0.15) is 0 Å². The van der Waals surface area contributed by atoms with Crippen molar-refractivity contribution in [2.75, 3.05) is 43.9 Å². The Morgan fingerprint density at radius 3 is 2.54 bits per heavy atom. The van der Waals surface area contributed by atoms with Crippen LogP contribution in [0.3, 0.4) is 0 Å². The summed E-state index contributed by atoms with van der Waals surface area (Å²) < 4.78 is 0. The molecule has 0 spiro atoms. The summed E-state index contributed by atoms with van der Waals surface area (Å²) in [4.78, 5) is 28.6. The number of hydrogen-bond donors (Lipinski definition) is 3. The molecule has 10 nitrogen and oxygen atoms in total. The number of aryl methyl sites for hydroxylation is 1. The Balaban J connectivity index is 1.20. The average molecular weight is 496 g/mol. The summed E-state index contributed by atoms with van der Waals surface area (Å²) in [5, 5.41) is 17.2. The molecule has 1 aliphatic heterocycles. The van der Waals surface area contributed by atoms with Crippen LogP contribution in [0.25, 0.3) is 10.6 Å². The van der Waals surface area contributed by atoms with Crippen molar-refractivity contribution in [2.24, 2.45) is 0 Å². The number of nitrogens with zero attached hydrogens (tertiary/aromatic N) is 7. The number of aromatic nitrogens is 5. The number of piperazine rings is 1. The third-order valence-electron chi connectivity index (χ3n) is 6.56. The zero-order chi connectivity index (χ0) is 24.2. The Hall–Kier alpha value is -2.73. The van der Waals surface area contributed by atoms with Gasteiger partial charge in [-0.2, -0.15) is 0 Å². The third kappa shape index (κ3) is 6.49. The molecule has 3 N–H and O–H groups in total. The normalized spacial score (nSPS) is 21.7. The maximum Gasteiger partial charge on any atom is 0.223 e. The van der Waals surface area contributed by atoms with E-state index in [1.165, 1.54) is 11.3 Å². The molecule has 1 saturated heterocycles. The Morgan fingerprint density at radius 2 is 1.80 bits per heavy atom. The lowest BCUT2D eigenvalue weighted by Gasteiger charge is -2.31. The molecule has 0 amide bonds. The minimum absolute atomic E-state index is 0.178. The molecule has 1 saturated carbocycles. The Morgan fingerprint density at radius 1 is 1.00 bits per heavy atom. The van der Waals surface area contributed by atoms with Gasteiger partial charge in [0.2, 0.25) is 5.95 Å². The first kappa shape index (κ1) is 24.0. The first-order chi connectivity index (χ1) is 17.0. The van der Waals surface area contributed by atoms with Gasteiger partial charge in [-0.1, -0.05) is 11.3 Å². The van der Waals surface area contributed by atoms with Crippen molar-refractivity contribution in [3.63, 3.8) is 0 Å². The monoisotopic (exact) mass is 495 g/mol. The fourth-order valence-corrected chi connectivity index (χ4v) is 5.24. The van der Waals surface area contributed by atoms with Crippen molar-refractivity contribution >= 4 is 28.2 Å². The van der Waals surface area contributed by atoms with Gasteiger partial charge in [-0.05, 0) is 45.7 Å². The quantitative estimate of drug-likeness (QED) is 0.452. The summed E-state index contributed by atoms with van der Waals surface area (Å²) in [5.74, 6) is 1.31. The molecule has 3 aromatic heterocycles. The van der Waals surface area contributed by atoms with Crippen LogP contribution in [0.2, 0.25) is 0 Å². The number of aliphatic hydroxyl groups is 1. The molecular formula is C24H33N9OS. The summed E-state index contributed by atoms with van der Waals surface area (Å²) >= 11 is 1.52. The van der Waals surface area contributed by atoms with Gasteiger partial charge in [0.25, 0.3) is 0 Å². The van der Waals surface area contributed by atoms with Crippen LogP contribution < -0.4 is 10.6 Å². The van der Waals surface area contributed by atoms with E-state index in [2.05, 4.69) is 47.4 Å². The van der Waals surface area contributed by atoms with Gasteiger partial charge in [-0.25, -0.2) is 19.9 Å². The summed E-state index contributed by atoms with van der Waals surface area (Å²) in [6.07, 6.45) is 8.75. The van der Waals surface area contributed by atoms with Crippen LogP contribution >= 0.6 is 11.3 Å². The van der Waals surface area contributed by atoms with Gasteiger partial charge in [0.15, 0.2) is 10.9 Å². The molecule has 0 aromatic carbocycles. The van der Waals surface area contributed by atoms with Crippen molar-refractivity contribution in [2.45, 2.75) is 51.3 Å². The van der Waals surface area contributed by atoms with Crippen molar-refractivity contribution < 1.29 is 5.11 Å².